The number of carbonyl (C=O) groups is 1. The van der Waals surface area contributed by atoms with E-state index in [-0.39, 0.29) is 28.1 Å². The molecule has 0 aliphatic carbocycles. The lowest BCUT2D eigenvalue weighted by atomic mass is 10.3. The van der Waals surface area contributed by atoms with E-state index in [9.17, 15) is 17.6 Å². The van der Waals surface area contributed by atoms with E-state index in [0.717, 1.165) is 6.07 Å². The van der Waals surface area contributed by atoms with Gasteiger partial charge in [0, 0.05) is 31.2 Å². The molecule has 144 valence electrons. The van der Waals surface area contributed by atoms with Crippen LogP contribution in [0.3, 0.4) is 0 Å². The second-order valence-corrected chi connectivity index (χ2v) is 8.54. The van der Waals surface area contributed by atoms with Gasteiger partial charge in [0.05, 0.1) is 17.1 Å². The molecule has 0 aromatic heterocycles. The number of nitrogens with zero attached hydrogens (tertiary/aromatic N) is 2. The highest BCUT2D eigenvalue weighted by Gasteiger charge is 2.28. The Kier molecular flexibility index (Phi) is 6.11. The average Bonchev–Trinajstić information content (AvgIpc) is 2.65. The molecule has 2 aromatic carbocycles. The third-order valence-corrected chi connectivity index (χ3v) is 6.43. The van der Waals surface area contributed by atoms with Crippen molar-refractivity contribution in [2.24, 2.45) is 0 Å². The molecule has 27 heavy (non-hydrogen) atoms. The van der Waals surface area contributed by atoms with Gasteiger partial charge in [-0.05, 0) is 30.3 Å². The zero-order chi connectivity index (χ0) is 19.4. The first-order valence-corrected chi connectivity index (χ1v) is 10.2. The fourth-order valence-electron chi connectivity index (χ4n) is 2.85. The van der Waals surface area contributed by atoms with Crippen LogP contribution in [0.15, 0.2) is 53.4 Å². The zero-order valence-corrected chi connectivity index (χ0v) is 16.0. The van der Waals surface area contributed by atoms with Gasteiger partial charge in [-0.2, -0.15) is 4.31 Å². The third kappa shape index (κ3) is 4.84. The highest BCUT2D eigenvalue weighted by Crippen LogP contribution is 2.19. The van der Waals surface area contributed by atoms with Crippen molar-refractivity contribution in [1.82, 2.24) is 9.21 Å². The van der Waals surface area contributed by atoms with Gasteiger partial charge in [0.2, 0.25) is 15.9 Å². The van der Waals surface area contributed by atoms with Crippen molar-refractivity contribution >= 4 is 33.2 Å². The topological polar surface area (TPSA) is 69.7 Å². The van der Waals surface area contributed by atoms with Crippen LogP contribution in [0.4, 0.5) is 10.1 Å². The summed E-state index contributed by atoms with van der Waals surface area (Å²) in [7, 11) is -3.53. The maximum absolute atomic E-state index is 13.7. The molecule has 0 bridgehead atoms. The Labute approximate surface area is 162 Å². The van der Waals surface area contributed by atoms with Gasteiger partial charge in [-0.3, -0.25) is 9.69 Å². The van der Waals surface area contributed by atoms with Crippen molar-refractivity contribution in [2.75, 3.05) is 38.0 Å². The Bertz CT molecular complexity index is 917. The molecule has 0 spiro atoms. The average molecular weight is 412 g/mol. The van der Waals surface area contributed by atoms with Crippen molar-refractivity contribution in [2.45, 2.75) is 4.90 Å². The quantitative estimate of drug-likeness (QED) is 0.820. The van der Waals surface area contributed by atoms with Crippen LogP contribution < -0.4 is 5.32 Å². The van der Waals surface area contributed by atoms with Crippen LogP contribution in [-0.2, 0) is 14.8 Å². The Morgan fingerprint density at radius 1 is 1.07 bits per heavy atom. The molecule has 0 atom stereocenters. The van der Waals surface area contributed by atoms with Gasteiger partial charge < -0.3 is 5.32 Å². The van der Waals surface area contributed by atoms with Crippen LogP contribution in [0.1, 0.15) is 0 Å². The SMILES string of the molecule is O=C(CN1CCN(S(=O)(=O)c2ccccc2)CC1)Nc1ccc(Cl)cc1F. The number of rotatable bonds is 5. The minimum absolute atomic E-state index is 0.0568. The summed E-state index contributed by atoms with van der Waals surface area (Å²) < 4.78 is 40.4. The lowest BCUT2D eigenvalue weighted by Gasteiger charge is -2.33. The monoisotopic (exact) mass is 411 g/mol. The summed E-state index contributed by atoms with van der Waals surface area (Å²) in [5.74, 6) is -0.967. The van der Waals surface area contributed by atoms with Crippen molar-refractivity contribution in [1.29, 1.82) is 0 Å². The molecule has 0 radical (unpaired) electrons. The second kappa shape index (κ2) is 8.35. The summed E-state index contributed by atoms with van der Waals surface area (Å²) in [6.07, 6.45) is 0. The van der Waals surface area contributed by atoms with Gasteiger partial charge in [-0.15, -0.1) is 0 Å². The lowest BCUT2D eigenvalue weighted by Crippen LogP contribution is -2.50. The summed E-state index contributed by atoms with van der Waals surface area (Å²) >= 11 is 5.69. The van der Waals surface area contributed by atoms with Crippen molar-refractivity contribution in [3.05, 3.63) is 59.4 Å². The van der Waals surface area contributed by atoms with Crippen LogP contribution in [-0.4, -0.2) is 56.3 Å². The molecule has 9 heteroatoms. The van der Waals surface area contributed by atoms with E-state index in [2.05, 4.69) is 5.32 Å². The number of carbonyl (C=O) groups excluding carboxylic acids is 1. The molecule has 1 aliphatic rings. The van der Waals surface area contributed by atoms with Crippen LogP contribution in [0.2, 0.25) is 5.02 Å². The molecule has 3 rings (SSSR count). The minimum Gasteiger partial charge on any atom is -0.322 e. The Morgan fingerprint density at radius 3 is 2.37 bits per heavy atom. The summed E-state index contributed by atoms with van der Waals surface area (Å²) in [6, 6.07) is 12.3. The molecule has 2 aromatic rings. The predicted molar refractivity (Wildman–Crippen MR) is 102 cm³/mol. The number of sulfonamides is 1. The van der Waals surface area contributed by atoms with Crippen LogP contribution in [0.25, 0.3) is 0 Å². The summed E-state index contributed by atoms with van der Waals surface area (Å²) in [5.41, 5.74) is 0.0645. The van der Waals surface area contributed by atoms with Gasteiger partial charge in [0.15, 0.2) is 0 Å². The molecule has 1 saturated heterocycles. The van der Waals surface area contributed by atoms with Gasteiger partial charge in [0.1, 0.15) is 5.82 Å². The van der Waals surface area contributed by atoms with E-state index in [4.69, 9.17) is 11.6 Å². The second-order valence-electron chi connectivity index (χ2n) is 6.17. The van der Waals surface area contributed by atoms with Crippen molar-refractivity contribution in [3.63, 3.8) is 0 Å². The van der Waals surface area contributed by atoms with Crippen LogP contribution in [0.5, 0.6) is 0 Å². The molecule has 1 heterocycles. The number of piperazine rings is 1. The van der Waals surface area contributed by atoms with Gasteiger partial charge >= 0.3 is 0 Å². The van der Waals surface area contributed by atoms with Crippen molar-refractivity contribution in [3.8, 4) is 0 Å². The number of amides is 1. The normalized spacial score (nSPS) is 16.2. The van der Waals surface area contributed by atoms with E-state index in [1.807, 2.05) is 4.90 Å². The molecular formula is C18H19ClFN3O3S. The number of anilines is 1. The highest BCUT2D eigenvalue weighted by molar-refractivity contribution is 7.89. The number of hydrogen-bond donors (Lipinski definition) is 1. The Hall–Kier alpha value is -2.00. The predicted octanol–water partition coefficient (Wildman–Crippen LogP) is 2.42. The van der Waals surface area contributed by atoms with E-state index >= 15 is 0 Å². The molecule has 1 amide bonds. The van der Waals surface area contributed by atoms with Crippen molar-refractivity contribution < 1.29 is 17.6 Å². The smallest absolute Gasteiger partial charge is 0.243 e. The van der Waals surface area contributed by atoms with E-state index in [0.29, 0.717) is 26.2 Å². The molecule has 1 fully saturated rings. The summed E-state index contributed by atoms with van der Waals surface area (Å²) in [4.78, 5) is 14.2. The third-order valence-electron chi connectivity index (χ3n) is 4.28. The first kappa shape index (κ1) is 19.8. The minimum atomic E-state index is -3.53. The molecule has 1 aliphatic heterocycles. The number of nitrogens with one attached hydrogen (secondary N) is 1. The molecule has 0 saturated carbocycles. The first-order chi connectivity index (χ1) is 12.9. The Balaban J connectivity index is 1.54. The largest absolute Gasteiger partial charge is 0.322 e. The standard InChI is InChI=1S/C18H19ClFN3O3S/c19-14-6-7-17(16(20)12-14)21-18(24)13-22-8-10-23(11-9-22)27(25,26)15-4-2-1-3-5-15/h1-7,12H,8-11,13H2,(H,21,24). The summed E-state index contributed by atoms with van der Waals surface area (Å²) in [5, 5.41) is 2.76. The van der Waals surface area contributed by atoms with E-state index < -0.39 is 15.8 Å². The summed E-state index contributed by atoms with van der Waals surface area (Å²) in [6.45, 7) is 1.48. The molecule has 1 N–H and O–H groups in total. The maximum Gasteiger partial charge on any atom is 0.243 e. The van der Waals surface area contributed by atoms with E-state index in [1.54, 1.807) is 30.3 Å². The fraction of sp³-hybridized carbons (Fsp3) is 0.278. The van der Waals surface area contributed by atoms with Gasteiger partial charge in [-0.25, -0.2) is 12.8 Å². The first-order valence-electron chi connectivity index (χ1n) is 8.39. The number of hydrogen-bond acceptors (Lipinski definition) is 4. The maximum atomic E-state index is 13.7. The van der Waals surface area contributed by atoms with Gasteiger partial charge in [-0.1, -0.05) is 29.8 Å². The van der Waals surface area contributed by atoms with Gasteiger partial charge in [0.25, 0.3) is 0 Å². The van der Waals surface area contributed by atoms with Crippen LogP contribution >= 0.6 is 11.6 Å². The molecule has 6 nitrogen and oxygen atoms in total. The Morgan fingerprint density at radius 2 is 1.74 bits per heavy atom. The fourth-order valence-corrected chi connectivity index (χ4v) is 4.46. The molecule has 0 unspecified atom stereocenters. The number of halogens is 2. The highest BCUT2D eigenvalue weighted by atomic mass is 35.5. The lowest BCUT2D eigenvalue weighted by molar-refractivity contribution is -0.117. The zero-order valence-electron chi connectivity index (χ0n) is 14.4. The van der Waals surface area contributed by atoms with Crippen LogP contribution in [0, 0.1) is 5.82 Å². The number of benzene rings is 2. The molecular weight excluding hydrogens is 393 g/mol. The van der Waals surface area contributed by atoms with E-state index in [1.165, 1.54) is 16.4 Å².